The zero-order chi connectivity index (χ0) is 52.6. The van der Waals surface area contributed by atoms with Crippen LogP contribution in [0.2, 0.25) is 0 Å². The zero-order valence-corrected chi connectivity index (χ0v) is 38.9. The first kappa shape index (κ1) is 54.0. The SMILES string of the molecule is CN(C(=O)[C@H](N)CCCNC(=O)OCc1ccccc1)[C@@H](Cc1cc(-c2ccc(OCc3ccccc3)c(C[C@H](NC(=O)OCc3ccccc3)C(=O)Oc3c(F)c(F)c(F)c(F)c3F)c2)ccc1F)C(=O)O. The number of ether oxygens (including phenoxy) is 4. The van der Waals surface area contributed by atoms with E-state index in [0.717, 1.165) is 16.5 Å². The number of nitrogens with one attached hydrogen (secondary N) is 2. The molecular formula is C53H48F6N4O10. The first-order valence-electron chi connectivity index (χ1n) is 22.5. The molecule has 0 bridgehead atoms. The number of alkyl carbamates (subject to hydrolysis) is 2. The number of rotatable bonds is 22. The lowest BCUT2D eigenvalue weighted by Gasteiger charge is -2.28. The molecule has 14 nitrogen and oxygen atoms in total. The maximum Gasteiger partial charge on any atom is 0.408 e. The van der Waals surface area contributed by atoms with Crippen molar-refractivity contribution < 1.29 is 74.4 Å². The number of esters is 1. The number of nitrogens with two attached hydrogens (primary N) is 1. The van der Waals surface area contributed by atoms with Gasteiger partial charge >= 0.3 is 24.1 Å². The monoisotopic (exact) mass is 1010 g/mol. The summed E-state index contributed by atoms with van der Waals surface area (Å²) in [5, 5.41) is 15.1. The largest absolute Gasteiger partial charge is 0.489 e. The summed E-state index contributed by atoms with van der Waals surface area (Å²) >= 11 is 0. The molecule has 0 spiro atoms. The highest BCUT2D eigenvalue weighted by atomic mass is 19.2. The number of nitrogens with zero attached hydrogens (tertiary/aromatic N) is 1. The number of benzene rings is 6. The van der Waals surface area contributed by atoms with E-state index >= 15 is 4.39 Å². The molecule has 3 atom stereocenters. The number of aliphatic carboxylic acids is 1. The third-order valence-electron chi connectivity index (χ3n) is 11.3. The van der Waals surface area contributed by atoms with Gasteiger partial charge in [-0.25, -0.2) is 36.7 Å². The minimum atomic E-state index is -2.50. The van der Waals surface area contributed by atoms with Crippen LogP contribution >= 0.6 is 0 Å². The quantitative estimate of drug-likeness (QED) is 0.0127. The molecule has 5 N–H and O–H groups in total. The minimum Gasteiger partial charge on any atom is -0.489 e. The number of hydrogen-bond acceptors (Lipinski definition) is 10. The van der Waals surface area contributed by atoms with Gasteiger partial charge < -0.3 is 45.3 Å². The van der Waals surface area contributed by atoms with Gasteiger partial charge in [-0.2, -0.15) is 8.78 Å². The summed E-state index contributed by atoms with van der Waals surface area (Å²) in [5.74, 6) is -18.8. The summed E-state index contributed by atoms with van der Waals surface area (Å²) in [7, 11) is 1.21. The van der Waals surface area contributed by atoms with Gasteiger partial charge in [0, 0.05) is 26.4 Å². The highest BCUT2D eigenvalue weighted by molar-refractivity contribution is 5.87. The Balaban J connectivity index is 1.23. The van der Waals surface area contributed by atoms with Crippen molar-refractivity contribution in [3.63, 3.8) is 0 Å². The summed E-state index contributed by atoms with van der Waals surface area (Å²) in [6.07, 6.45) is -2.83. The Morgan fingerprint density at radius 1 is 0.630 bits per heavy atom. The van der Waals surface area contributed by atoms with E-state index in [4.69, 9.17) is 24.7 Å². The fourth-order valence-corrected chi connectivity index (χ4v) is 7.30. The van der Waals surface area contributed by atoms with E-state index in [1.807, 2.05) is 6.07 Å². The summed E-state index contributed by atoms with van der Waals surface area (Å²) in [4.78, 5) is 66.0. The van der Waals surface area contributed by atoms with Crippen molar-refractivity contribution in [1.82, 2.24) is 15.5 Å². The summed E-state index contributed by atoms with van der Waals surface area (Å²) in [5.41, 5.74) is 8.65. The molecule has 3 amide bonds. The van der Waals surface area contributed by atoms with Crippen LogP contribution in [0.15, 0.2) is 127 Å². The van der Waals surface area contributed by atoms with Gasteiger partial charge in [0.1, 0.15) is 43.5 Å². The Morgan fingerprint density at radius 2 is 1.14 bits per heavy atom. The Kier molecular flexibility index (Phi) is 19.0. The predicted molar refractivity (Wildman–Crippen MR) is 251 cm³/mol. The second kappa shape index (κ2) is 25.6. The van der Waals surface area contributed by atoms with E-state index in [9.17, 15) is 51.0 Å². The molecule has 0 heterocycles. The molecule has 6 aromatic carbocycles. The lowest BCUT2D eigenvalue weighted by molar-refractivity contribution is -0.149. The number of carbonyl (C=O) groups is 5. The molecular weight excluding hydrogens is 967 g/mol. The lowest BCUT2D eigenvalue weighted by atomic mass is 9.95. The molecule has 0 aliphatic carbocycles. The molecule has 0 fully saturated rings. The molecule has 73 heavy (non-hydrogen) atoms. The Labute approximate surface area is 414 Å². The van der Waals surface area contributed by atoms with Crippen LogP contribution in [0.4, 0.5) is 35.9 Å². The van der Waals surface area contributed by atoms with E-state index in [-0.39, 0.29) is 67.2 Å². The number of hydrogen-bond donors (Lipinski definition) is 4. The Bertz CT molecular complexity index is 2870. The molecule has 0 aliphatic rings. The first-order valence-corrected chi connectivity index (χ1v) is 22.5. The van der Waals surface area contributed by atoms with E-state index < -0.39 is 102 Å². The zero-order valence-electron chi connectivity index (χ0n) is 38.9. The van der Waals surface area contributed by atoms with Gasteiger partial charge in [0.15, 0.2) is 0 Å². The molecule has 6 rings (SSSR count). The highest BCUT2D eigenvalue weighted by Gasteiger charge is 2.34. The van der Waals surface area contributed by atoms with Gasteiger partial charge in [0.05, 0.1) is 6.04 Å². The Morgan fingerprint density at radius 3 is 1.70 bits per heavy atom. The maximum atomic E-state index is 15.6. The molecule has 0 saturated heterocycles. The number of halogens is 6. The van der Waals surface area contributed by atoms with Crippen molar-refractivity contribution in [3.8, 4) is 22.6 Å². The van der Waals surface area contributed by atoms with Gasteiger partial charge in [-0.3, -0.25) is 4.79 Å². The van der Waals surface area contributed by atoms with Gasteiger partial charge in [0.25, 0.3) is 0 Å². The Hall–Kier alpha value is -8.39. The predicted octanol–water partition coefficient (Wildman–Crippen LogP) is 8.70. The van der Waals surface area contributed by atoms with Crippen LogP contribution in [-0.2, 0) is 56.5 Å². The van der Waals surface area contributed by atoms with Crippen LogP contribution in [0.1, 0.15) is 40.7 Å². The number of likely N-dealkylation sites (N-methyl/N-ethyl adjacent to an activating group) is 1. The van der Waals surface area contributed by atoms with Crippen LogP contribution in [0.5, 0.6) is 11.5 Å². The number of carboxylic acid groups (broad SMARTS) is 1. The van der Waals surface area contributed by atoms with E-state index in [2.05, 4.69) is 10.6 Å². The second-order valence-electron chi connectivity index (χ2n) is 16.4. The van der Waals surface area contributed by atoms with Gasteiger partial charge in [-0.1, -0.05) is 103 Å². The van der Waals surface area contributed by atoms with Crippen molar-refractivity contribution in [2.75, 3.05) is 13.6 Å². The average molecular weight is 1010 g/mol. The van der Waals surface area contributed by atoms with Crippen molar-refractivity contribution >= 4 is 30.0 Å². The van der Waals surface area contributed by atoms with Gasteiger partial charge in [0.2, 0.25) is 40.7 Å². The van der Waals surface area contributed by atoms with Crippen LogP contribution in [0.25, 0.3) is 11.1 Å². The molecule has 0 radical (unpaired) electrons. The van der Waals surface area contributed by atoms with Crippen LogP contribution in [0.3, 0.4) is 0 Å². The molecule has 0 aromatic heterocycles. The summed E-state index contributed by atoms with van der Waals surface area (Å²) in [6, 6.07) is 29.4. The molecule has 382 valence electrons. The van der Waals surface area contributed by atoms with Crippen molar-refractivity contribution in [2.45, 2.75) is 63.6 Å². The first-order chi connectivity index (χ1) is 35.0. The lowest BCUT2D eigenvalue weighted by Crippen LogP contribution is -2.50. The van der Waals surface area contributed by atoms with Gasteiger partial charge in [-0.05, 0) is 76.1 Å². The maximum absolute atomic E-state index is 15.6. The fourth-order valence-electron chi connectivity index (χ4n) is 7.30. The number of carboxylic acids is 1. The molecule has 0 aliphatic heterocycles. The average Bonchev–Trinajstić information content (AvgIpc) is 3.40. The number of amides is 3. The fraction of sp³-hybridized carbons (Fsp3) is 0.226. The van der Waals surface area contributed by atoms with Crippen LogP contribution < -0.4 is 25.8 Å². The smallest absolute Gasteiger partial charge is 0.408 e. The van der Waals surface area contributed by atoms with Gasteiger partial charge in [-0.15, -0.1) is 0 Å². The molecule has 6 aromatic rings. The third-order valence-corrected chi connectivity index (χ3v) is 11.3. The second-order valence-corrected chi connectivity index (χ2v) is 16.4. The third kappa shape index (κ3) is 14.8. The van der Waals surface area contributed by atoms with Crippen LogP contribution in [-0.4, -0.2) is 71.8 Å². The molecule has 0 saturated carbocycles. The van der Waals surface area contributed by atoms with E-state index in [0.29, 0.717) is 11.1 Å². The highest BCUT2D eigenvalue weighted by Crippen LogP contribution is 2.33. The van der Waals surface area contributed by atoms with Crippen molar-refractivity contribution in [3.05, 3.63) is 190 Å². The van der Waals surface area contributed by atoms with E-state index in [1.54, 1.807) is 84.9 Å². The van der Waals surface area contributed by atoms with E-state index in [1.165, 1.54) is 37.4 Å². The summed E-state index contributed by atoms with van der Waals surface area (Å²) < 4.78 is 109. The molecule has 0 unspecified atom stereocenters. The van der Waals surface area contributed by atoms with Crippen molar-refractivity contribution in [2.24, 2.45) is 5.73 Å². The van der Waals surface area contributed by atoms with Crippen LogP contribution in [0, 0.1) is 34.9 Å². The van der Waals surface area contributed by atoms with Crippen molar-refractivity contribution in [1.29, 1.82) is 0 Å². The topological polar surface area (TPSA) is 196 Å². The molecule has 20 heteroatoms. The minimum absolute atomic E-state index is 0.0453. The summed E-state index contributed by atoms with van der Waals surface area (Å²) in [6.45, 7) is -0.217. The standard InChI is InChI=1S/C53H48F6N4O10/c1-63(49(64)39(60)18-11-23-61-52(68)71-29-32-14-7-3-8-15-32)41(50(65)66)27-36-24-34(19-21-38(36)54)35-20-22-42(70-28-31-12-5-2-6-13-31)37(25-35)26-40(62-53(69)72-30-33-16-9-4-10-17-33)51(67)73-48-46(58)44(56)43(55)45(57)47(48)59/h2-10,12-17,19-22,24-25,39-41H,11,18,23,26-30,60H2,1H3,(H,61,68)(H,62,69)(H,65,66)/t39-,40+,41+/m1/s1. The normalized spacial score (nSPS) is 12.2. The number of carbonyl (C=O) groups excluding carboxylic acids is 4.